The van der Waals surface area contributed by atoms with Crippen LogP contribution in [0.5, 0.6) is 0 Å². The molecule has 4 heteroatoms. The molecular formula is C13H15BrN2O. The molecule has 1 aliphatic rings. The van der Waals surface area contributed by atoms with Gasteiger partial charge in [0.05, 0.1) is 17.4 Å². The van der Waals surface area contributed by atoms with E-state index in [-0.39, 0.29) is 0 Å². The summed E-state index contributed by atoms with van der Waals surface area (Å²) in [5.74, 6) is 0. The number of likely N-dealkylation sites (N-methyl/N-ethyl adjacent to an activating group) is 1. The largest absolute Gasteiger partial charge is 0.376 e. The number of anilines is 1. The molecule has 1 unspecified atom stereocenters. The van der Waals surface area contributed by atoms with E-state index in [1.807, 2.05) is 25.2 Å². The molecule has 0 saturated carbocycles. The molecule has 17 heavy (non-hydrogen) atoms. The van der Waals surface area contributed by atoms with Gasteiger partial charge in [0.2, 0.25) is 0 Å². The summed E-state index contributed by atoms with van der Waals surface area (Å²) >= 11 is 3.41. The molecule has 1 heterocycles. The Morgan fingerprint density at radius 1 is 1.59 bits per heavy atom. The molecule has 0 aromatic heterocycles. The van der Waals surface area contributed by atoms with Gasteiger partial charge in [-0.2, -0.15) is 5.26 Å². The Morgan fingerprint density at radius 3 is 3.06 bits per heavy atom. The molecule has 0 amide bonds. The van der Waals surface area contributed by atoms with Gasteiger partial charge < -0.3 is 9.64 Å². The summed E-state index contributed by atoms with van der Waals surface area (Å²) < 4.78 is 6.46. The topological polar surface area (TPSA) is 36.3 Å². The minimum Gasteiger partial charge on any atom is -0.376 e. The molecular weight excluding hydrogens is 280 g/mol. The van der Waals surface area contributed by atoms with Crippen LogP contribution in [0.15, 0.2) is 22.7 Å². The van der Waals surface area contributed by atoms with Crippen LogP contribution in [0.25, 0.3) is 0 Å². The molecule has 2 rings (SSSR count). The van der Waals surface area contributed by atoms with E-state index in [4.69, 9.17) is 4.74 Å². The normalized spacial score (nSPS) is 19.0. The van der Waals surface area contributed by atoms with Crippen LogP contribution in [0.2, 0.25) is 0 Å². The molecule has 90 valence electrons. The lowest BCUT2D eigenvalue weighted by Gasteiger charge is -2.24. The van der Waals surface area contributed by atoms with Crippen molar-refractivity contribution in [3.8, 4) is 6.07 Å². The summed E-state index contributed by atoms with van der Waals surface area (Å²) in [5, 5.41) is 9.17. The van der Waals surface area contributed by atoms with Gasteiger partial charge >= 0.3 is 0 Å². The highest BCUT2D eigenvalue weighted by atomic mass is 79.9. The van der Waals surface area contributed by atoms with E-state index in [1.165, 1.54) is 0 Å². The van der Waals surface area contributed by atoms with Crippen LogP contribution in [0, 0.1) is 11.3 Å². The van der Waals surface area contributed by atoms with Crippen molar-refractivity contribution in [2.75, 3.05) is 25.1 Å². The fourth-order valence-electron chi connectivity index (χ4n) is 2.13. The first kappa shape index (κ1) is 12.4. The maximum absolute atomic E-state index is 9.17. The Hall–Kier alpha value is -1.05. The second-order valence-electron chi connectivity index (χ2n) is 4.26. The maximum atomic E-state index is 9.17. The number of hydrogen-bond donors (Lipinski definition) is 0. The van der Waals surface area contributed by atoms with E-state index < -0.39 is 0 Å². The van der Waals surface area contributed by atoms with Crippen LogP contribution < -0.4 is 4.90 Å². The second-order valence-corrected chi connectivity index (χ2v) is 5.12. The quantitative estimate of drug-likeness (QED) is 0.860. The average molecular weight is 295 g/mol. The zero-order valence-corrected chi connectivity index (χ0v) is 11.4. The highest BCUT2D eigenvalue weighted by Gasteiger charge is 2.19. The second kappa shape index (κ2) is 5.52. The lowest BCUT2D eigenvalue weighted by Crippen LogP contribution is -2.29. The molecule has 1 saturated heterocycles. The molecule has 0 aliphatic carbocycles. The van der Waals surface area contributed by atoms with E-state index in [1.54, 1.807) is 0 Å². The lowest BCUT2D eigenvalue weighted by molar-refractivity contribution is 0.116. The van der Waals surface area contributed by atoms with Crippen LogP contribution in [-0.2, 0) is 4.74 Å². The molecule has 3 nitrogen and oxygen atoms in total. The summed E-state index contributed by atoms with van der Waals surface area (Å²) in [6.07, 6.45) is 2.55. The molecule has 0 bridgehead atoms. The number of halogens is 1. The molecule has 0 N–H and O–H groups in total. The van der Waals surface area contributed by atoms with Crippen LogP contribution in [-0.4, -0.2) is 26.3 Å². The smallest absolute Gasteiger partial charge is 0.103 e. The molecule has 1 aliphatic heterocycles. The Labute approximate surface area is 110 Å². The minimum atomic E-state index is 0.297. The number of nitrogens with zero attached hydrogens (tertiary/aromatic N) is 2. The third-order valence-corrected chi connectivity index (χ3v) is 3.68. The number of benzene rings is 1. The summed E-state index contributed by atoms with van der Waals surface area (Å²) in [4.78, 5) is 2.10. The molecule has 1 atom stereocenters. The highest BCUT2D eigenvalue weighted by molar-refractivity contribution is 9.10. The highest BCUT2D eigenvalue weighted by Crippen LogP contribution is 2.27. The third kappa shape index (κ3) is 2.80. The first-order valence-corrected chi connectivity index (χ1v) is 6.53. The van der Waals surface area contributed by atoms with Gasteiger partial charge in [0.15, 0.2) is 0 Å². The average Bonchev–Trinajstić information content (AvgIpc) is 2.81. The van der Waals surface area contributed by atoms with Crippen molar-refractivity contribution in [2.24, 2.45) is 0 Å². The predicted molar refractivity (Wildman–Crippen MR) is 71.1 cm³/mol. The van der Waals surface area contributed by atoms with Crippen molar-refractivity contribution in [3.05, 3.63) is 28.2 Å². The maximum Gasteiger partial charge on any atom is 0.103 e. The van der Waals surface area contributed by atoms with Crippen molar-refractivity contribution >= 4 is 21.6 Å². The Bertz CT molecular complexity index is 436. The third-order valence-electron chi connectivity index (χ3n) is 3.02. The van der Waals surface area contributed by atoms with Crippen molar-refractivity contribution < 1.29 is 4.74 Å². The molecule has 0 radical (unpaired) electrons. The Balaban J connectivity index is 2.15. The summed E-state index contributed by atoms with van der Waals surface area (Å²) in [6, 6.07) is 8.05. The van der Waals surface area contributed by atoms with Crippen molar-refractivity contribution in [2.45, 2.75) is 18.9 Å². The van der Waals surface area contributed by atoms with E-state index in [0.717, 1.165) is 36.2 Å². The summed E-state index contributed by atoms with van der Waals surface area (Å²) in [6.45, 7) is 1.70. The van der Waals surface area contributed by atoms with Gasteiger partial charge in [-0.25, -0.2) is 0 Å². The number of nitriles is 1. The lowest BCUT2D eigenvalue weighted by atomic mass is 10.1. The molecule has 1 aromatic rings. The van der Waals surface area contributed by atoms with E-state index >= 15 is 0 Å². The van der Waals surface area contributed by atoms with Gasteiger partial charge in [-0.05, 0) is 40.9 Å². The first-order valence-electron chi connectivity index (χ1n) is 5.73. The minimum absolute atomic E-state index is 0.297. The van der Waals surface area contributed by atoms with Crippen LogP contribution in [0.3, 0.4) is 0 Å². The monoisotopic (exact) mass is 294 g/mol. The van der Waals surface area contributed by atoms with Gasteiger partial charge in [0.25, 0.3) is 0 Å². The first-order chi connectivity index (χ1) is 8.22. The Kier molecular flexibility index (Phi) is 4.03. The fourth-order valence-corrected chi connectivity index (χ4v) is 2.58. The van der Waals surface area contributed by atoms with Crippen LogP contribution in [0.1, 0.15) is 18.4 Å². The fraction of sp³-hybridized carbons (Fsp3) is 0.462. The number of rotatable bonds is 3. The van der Waals surface area contributed by atoms with E-state index in [9.17, 15) is 5.26 Å². The van der Waals surface area contributed by atoms with E-state index in [0.29, 0.717) is 11.7 Å². The zero-order chi connectivity index (χ0) is 12.3. The summed E-state index contributed by atoms with van der Waals surface area (Å²) in [5.41, 5.74) is 1.64. The Morgan fingerprint density at radius 2 is 2.41 bits per heavy atom. The van der Waals surface area contributed by atoms with Crippen molar-refractivity contribution in [1.82, 2.24) is 0 Å². The standard InChI is InChI=1S/C13H15BrN2O/c1-16(9-10-4-3-7-17-10)13-6-2-5-12(14)11(13)8-15/h2,5-6,10H,3-4,7,9H2,1H3. The van der Waals surface area contributed by atoms with Gasteiger partial charge in [-0.3, -0.25) is 0 Å². The van der Waals surface area contributed by atoms with Crippen LogP contribution in [0.4, 0.5) is 5.69 Å². The van der Waals surface area contributed by atoms with E-state index in [2.05, 4.69) is 26.9 Å². The summed E-state index contributed by atoms with van der Waals surface area (Å²) in [7, 11) is 2.00. The van der Waals surface area contributed by atoms with Crippen LogP contribution >= 0.6 is 15.9 Å². The van der Waals surface area contributed by atoms with Gasteiger partial charge in [-0.15, -0.1) is 0 Å². The molecule has 1 aromatic carbocycles. The SMILES string of the molecule is CN(CC1CCCO1)c1cccc(Br)c1C#N. The van der Waals surface area contributed by atoms with Crippen molar-refractivity contribution in [3.63, 3.8) is 0 Å². The van der Waals surface area contributed by atoms with Gasteiger partial charge in [-0.1, -0.05) is 6.07 Å². The number of hydrogen-bond acceptors (Lipinski definition) is 3. The molecule has 1 fully saturated rings. The molecule has 0 spiro atoms. The van der Waals surface area contributed by atoms with Crippen molar-refractivity contribution in [1.29, 1.82) is 5.26 Å². The van der Waals surface area contributed by atoms with Gasteiger partial charge in [0, 0.05) is 24.7 Å². The zero-order valence-electron chi connectivity index (χ0n) is 9.82. The van der Waals surface area contributed by atoms with Gasteiger partial charge in [0.1, 0.15) is 6.07 Å². The predicted octanol–water partition coefficient (Wildman–Crippen LogP) is 2.94. The number of ether oxygens (including phenoxy) is 1.